The molecule has 2 aromatic carbocycles. The standard InChI is InChI=1S/C25H27N3O5/c29-23-9-8-21(24(30)26-23)28-15-20-19(25(28)31)2-1-3-22(20)33-16-18-6-4-17(5-7-18)14-27-10-12-32-13-11-27/h1-7,21H,8-16H2,(H,26,29,30)/i4D,5D,14D2,16D. The second-order valence-corrected chi connectivity index (χ2v) is 8.08. The third-order valence-corrected chi connectivity index (χ3v) is 5.91. The molecule has 0 spiro atoms. The summed E-state index contributed by atoms with van der Waals surface area (Å²) in [6.45, 7) is -1.91. The lowest BCUT2D eigenvalue weighted by Crippen LogP contribution is -2.52. The van der Waals surface area contributed by atoms with Crippen molar-refractivity contribution in [2.45, 2.75) is 38.5 Å². The first-order valence-corrected chi connectivity index (χ1v) is 10.9. The second kappa shape index (κ2) is 9.33. The Labute approximate surface area is 199 Å². The van der Waals surface area contributed by atoms with E-state index in [0.717, 1.165) is 0 Å². The van der Waals surface area contributed by atoms with Crippen LogP contribution >= 0.6 is 0 Å². The number of morpholine rings is 1. The van der Waals surface area contributed by atoms with Gasteiger partial charge < -0.3 is 14.4 Å². The average Bonchev–Trinajstić information content (AvgIpc) is 3.21. The number of piperidine rings is 1. The minimum absolute atomic E-state index is 0.0788. The number of hydrogen-bond donors (Lipinski definition) is 1. The van der Waals surface area contributed by atoms with E-state index in [4.69, 9.17) is 16.3 Å². The minimum Gasteiger partial charge on any atom is -0.489 e. The van der Waals surface area contributed by atoms with Gasteiger partial charge in [-0.05, 0) is 29.7 Å². The fraction of sp³-hybridized carbons (Fsp3) is 0.400. The van der Waals surface area contributed by atoms with E-state index in [2.05, 4.69) is 5.32 Å². The van der Waals surface area contributed by atoms with Crippen LogP contribution < -0.4 is 10.1 Å². The monoisotopic (exact) mass is 454 g/mol. The molecule has 2 aromatic rings. The van der Waals surface area contributed by atoms with Crippen molar-refractivity contribution in [2.24, 2.45) is 0 Å². The van der Waals surface area contributed by atoms with Crippen LogP contribution in [0, 0.1) is 0 Å². The van der Waals surface area contributed by atoms with Gasteiger partial charge in [-0.15, -0.1) is 0 Å². The number of imide groups is 1. The van der Waals surface area contributed by atoms with E-state index in [1.54, 1.807) is 18.2 Å². The molecule has 8 nitrogen and oxygen atoms in total. The highest BCUT2D eigenvalue weighted by Crippen LogP contribution is 2.34. The Bertz CT molecular complexity index is 1280. The Kier molecular flexibility index (Phi) is 4.63. The fourth-order valence-electron chi connectivity index (χ4n) is 4.16. The zero-order chi connectivity index (χ0) is 27.2. The van der Waals surface area contributed by atoms with Gasteiger partial charge in [0.1, 0.15) is 18.4 Å². The quantitative estimate of drug-likeness (QED) is 0.671. The summed E-state index contributed by atoms with van der Waals surface area (Å²) in [6.07, 6.45) is 0.365. The number of hydrogen-bond acceptors (Lipinski definition) is 6. The molecule has 2 unspecified atom stereocenters. The SMILES string of the molecule is [2H]c1cc(C([2H])Oc2cccc3c2CN(C2CCC(=O)NC2=O)C3=O)cc([2H])c1C([2H])([2H])N1CCOCC1. The van der Waals surface area contributed by atoms with E-state index in [1.165, 1.54) is 21.9 Å². The van der Waals surface area contributed by atoms with E-state index in [-0.39, 0.29) is 60.2 Å². The van der Waals surface area contributed by atoms with Crippen LogP contribution in [0.3, 0.4) is 0 Å². The molecule has 0 saturated carbocycles. The Morgan fingerprint density at radius 1 is 1.12 bits per heavy atom. The third kappa shape index (κ3) is 4.62. The summed E-state index contributed by atoms with van der Waals surface area (Å²) in [5.74, 6) is -0.997. The number of amides is 3. The molecular weight excluding hydrogens is 422 g/mol. The van der Waals surface area contributed by atoms with Crippen molar-refractivity contribution in [1.82, 2.24) is 15.1 Å². The maximum absolute atomic E-state index is 13.0. The van der Waals surface area contributed by atoms with Crippen LogP contribution in [0.5, 0.6) is 5.75 Å². The van der Waals surface area contributed by atoms with Crippen LogP contribution in [0.15, 0.2) is 42.4 Å². The third-order valence-electron chi connectivity index (χ3n) is 5.91. The van der Waals surface area contributed by atoms with Crippen LogP contribution in [0.1, 0.15) is 46.7 Å². The molecule has 3 aliphatic heterocycles. The van der Waals surface area contributed by atoms with Crippen molar-refractivity contribution in [3.8, 4) is 5.75 Å². The van der Waals surface area contributed by atoms with Crippen LogP contribution in [-0.4, -0.2) is 59.9 Å². The van der Waals surface area contributed by atoms with Crippen molar-refractivity contribution < 1.29 is 30.7 Å². The number of nitrogens with zero attached hydrogens (tertiary/aromatic N) is 2. The molecule has 33 heavy (non-hydrogen) atoms. The highest BCUT2D eigenvalue weighted by molar-refractivity contribution is 6.05. The van der Waals surface area contributed by atoms with Crippen molar-refractivity contribution in [3.05, 3.63) is 64.7 Å². The number of carbonyl (C=O) groups is 3. The predicted molar refractivity (Wildman–Crippen MR) is 119 cm³/mol. The van der Waals surface area contributed by atoms with E-state index in [1.807, 2.05) is 0 Å². The lowest BCUT2D eigenvalue weighted by molar-refractivity contribution is -0.136. The second-order valence-electron chi connectivity index (χ2n) is 8.08. The molecule has 3 amide bonds. The zero-order valence-corrected chi connectivity index (χ0v) is 17.9. The summed E-state index contributed by atoms with van der Waals surface area (Å²) < 4.78 is 53.8. The molecule has 0 aliphatic carbocycles. The van der Waals surface area contributed by atoms with Gasteiger partial charge in [0.25, 0.3) is 5.91 Å². The molecule has 172 valence electrons. The van der Waals surface area contributed by atoms with Gasteiger partial charge in [0, 0.05) is 39.9 Å². The van der Waals surface area contributed by atoms with Gasteiger partial charge >= 0.3 is 0 Å². The van der Waals surface area contributed by atoms with Crippen LogP contribution in [0.4, 0.5) is 0 Å². The molecule has 5 rings (SSSR count). The Hall–Kier alpha value is -3.23. The summed E-state index contributed by atoms with van der Waals surface area (Å²) >= 11 is 0. The Morgan fingerprint density at radius 2 is 1.91 bits per heavy atom. The number of nitrogens with one attached hydrogen (secondary N) is 1. The number of benzene rings is 2. The molecule has 3 aliphatic rings. The molecule has 3 heterocycles. The first kappa shape index (κ1) is 16.4. The van der Waals surface area contributed by atoms with Crippen molar-refractivity contribution >= 4 is 17.7 Å². The molecule has 1 N–H and O–H groups in total. The lowest BCUT2D eigenvalue weighted by atomic mass is 10.0. The molecule has 0 bridgehead atoms. The van der Waals surface area contributed by atoms with Gasteiger partial charge in [0.05, 0.1) is 23.9 Å². The average molecular weight is 455 g/mol. The molecule has 8 heteroatoms. The smallest absolute Gasteiger partial charge is 0.255 e. The number of carbonyl (C=O) groups excluding carboxylic acids is 3. The highest BCUT2D eigenvalue weighted by atomic mass is 16.5. The first-order valence-electron chi connectivity index (χ1n) is 13.5. The minimum atomic E-state index is -2.05. The Morgan fingerprint density at radius 3 is 2.67 bits per heavy atom. The highest BCUT2D eigenvalue weighted by Gasteiger charge is 2.40. The summed E-state index contributed by atoms with van der Waals surface area (Å²) in [5.41, 5.74) is 0.972. The van der Waals surface area contributed by atoms with E-state index in [9.17, 15) is 14.4 Å². The van der Waals surface area contributed by atoms with Gasteiger partial charge in [-0.3, -0.25) is 24.6 Å². The first-order chi connectivity index (χ1) is 18.1. The molecule has 0 radical (unpaired) electrons. The van der Waals surface area contributed by atoms with Crippen molar-refractivity contribution in [1.29, 1.82) is 0 Å². The molecular formula is C25H27N3O5. The lowest BCUT2D eigenvalue weighted by Gasteiger charge is -2.29. The molecule has 2 fully saturated rings. The van der Waals surface area contributed by atoms with Crippen LogP contribution in [0.25, 0.3) is 0 Å². The summed E-state index contributed by atoms with van der Waals surface area (Å²) in [7, 11) is 0. The van der Waals surface area contributed by atoms with Gasteiger partial charge in [-0.1, -0.05) is 30.3 Å². The van der Waals surface area contributed by atoms with Crippen LogP contribution in [-0.2, 0) is 34.0 Å². The number of ether oxygens (including phenoxy) is 2. The normalized spacial score (nSPS) is 24.7. The maximum atomic E-state index is 13.0. The molecule has 0 aromatic heterocycles. The van der Waals surface area contributed by atoms with Crippen LogP contribution in [0.2, 0.25) is 0 Å². The Balaban J connectivity index is 1.36. The van der Waals surface area contributed by atoms with Gasteiger partial charge in [0.15, 0.2) is 0 Å². The fourth-order valence-corrected chi connectivity index (χ4v) is 4.16. The molecule has 2 saturated heterocycles. The summed E-state index contributed by atoms with van der Waals surface area (Å²) in [4.78, 5) is 39.8. The zero-order valence-electron chi connectivity index (χ0n) is 22.9. The van der Waals surface area contributed by atoms with Crippen molar-refractivity contribution in [2.75, 3.05) is 26.3 Å². The summed E-state index contributed by atoms with van der Waals surface area (Å²) in [5, 5.41) is 2.26. The number of fused-ring (bicyclic) bond motifs is 1. The number of rotatable bonds is 6. The van der Waals surface area contributed by atoms with Gasteiger partial charge in [-0.2, -0.15) is 0 Å². The predicted octanol–water partition coefficient (Wildman–Crippen LogP) is 1.86. The van der Waals surface area contributed by atoms with E-state index >= 15 is 0 Å². The largest absolute Gasteiger partial charge is 0.489 e. The van der Waals surface area contributed by atoms with E-state index < -0.39 is 25.0 Å². The van der Waals surface area contributed by atoms with Gasteiger partial charge in [-0.25, -0.2) is 0 Å². The van der Waals surface area contributed by atoms with E-state index in [0.29, 0.717) is 37.4 Å². The topological polar surface area (TPSA) is 88.2 Å². The molecule has 2 atom stereocenters. The maximum Gasteiger partial charge on any atom is 0.255 e. The van der Waals surface area contributed by atoms with Crippen molar-refractivity contribution in [3.63, 3.8) is 0 Å². The summed E-state index contributed by atoms with van der Waals surface area (Å²) in [6, 6.07) is 6.29. The van der Waals surface area contributed by atoms with Gasteiger partial charge in [0.2, 0.25) is 11.8 Å².